The Kier molecular flexibility index (Phi) is 3.90. The predicted octanol–water partition coefficient (Wildman–Crippen LogP) is 3.22. The molecular formula is C17H22O3. The molecule has 1 atom stereocenters. The first-order valence-electron chi connectivity index (χ1n) is 7.53. The van der Waals surface area contributed by atoms with Gasteiger partial charge >= 0.3 is 0 Å². The van der Waals surface area contributed by atoms with Gasteiger partial charge in [0.2, 0.25) is 0 Å². The van der Waals surface area contributed by atoms with Crippen LogP contribution in [0, 0.1) is 0 Å². The van der Waals surface area contributed by atoms with Gasteiger partial charge < -0.3 is 9.47 Å². The molecule has 0 aromatic heterocycles. The van der Waals surface area contributed by atoms with Crippen LogP contribution in [0.15, 0.2) is 24.3 Å². The van der Waals surface area contributed by atoms with Crippen molar-refractivity contribution in [2.75, 3.05) is 13.7 Å². The molecule has 1 fully saturated rings. The molecule has 1 aliphatic heterocycles. The van der Waals surface area contributed by atoms with E-state index in [1.54, 1.807) is 7.11 Å². The smallest absolute Gasteiger partial charge is 0.167 e. The van der Waals surface area contributed by atoms with E-state index in [0.717, 1.165) is 32.1 Å². The predicted molar refractivity (Wildman–Crippen MR) is 76.7 cm³/mol. The largest absolute Gasteiger partial charge is 0.373 e. The van der Waals surface area contributed by atoms with Crippen LogP contribution >= 0.6 is 0 Å². The molecule has 20 heavy (non-hydrogen) atoms. The standard InChI is InChI=1S/C17H22O3/c1-19-17(9-4-5-10-17)16(18)12-15-14-7-3-2-6-13(14)8-11-20-15/h2-3,6-7,15H,4-5,8-12H2,1H3. The fourth-order valence-corrected chi connectivity index (χ4v) is 3.54. The summed E-state index contributed by atoms with van der Waals surface area (Å²) in [6.07, 6.45) is 5.16. The number of Topliss-reactive ketones (excluding diaryl/α,β-unsaturated/α-hetero) is 1. The van der Waals surface area contributed by atoms with E-state index in [0.29, 0.717) is 13.0 Å². The van der Waals surface area contributed by atoms with Gasteiger partial charge in [-0.3, -0.25) is 4.79 Å². The molecule has 1 aromatic rings. The second-order valence-corrected chi connectivity index (χ2v) is 5.84. The van der Waals surface area contributed by atoms with Crippen molar-refractivity contribution < 1.29 is 14.3 Å². The molecule has 3 nitrogen and oxygen atoms in total. The number of fused-ring (bicyclic) bond motifs is 1. The fourth-order valence-electron chi connectivity index (χ4n) is 3.54. The van der Waals surface area contributed by atoms with Crippen molar-refractivity contribution >= 4 is 5.78 Å². The third kappa shape index (κ3) is 2.40. The summed E-state index contributed by atoms with van der Waals surface area (Å²) >= 11 is 0. The maximum absolute atomic E-state index is 12.7. The number of hydrogen-bond acceptors (Lipinski definition) is 3. The van der Waals surface area contributed by atoms with Gasteiger partial charge in [-0.05, 0) is 43.2 Å². The quantitative estimate of drug-likeness (QED) is 0.845. The van der Waals surface area contributed by atoms with Crippen molar-refractivity contribution in [1.29, 1.82) is 0 Å². The summed E-state index contributed by atoms with van der Waals surface area (Å²) in [5, 5.41) is 0. The number of ketones is 1. The summed E-state index contributed by atoms with van der Waals surface area (Å²) in [6.45, 7) is 0.703. The second kappa shape index (κ2) is 5.66. The second-order valence-electron chi connectivity index (χ2n) is 5.84. The van der Waals surface area contributed by atoms with Crippen LogP contribution in [0.2, 0.25) is 0 Å². The van der Waals surface area contributed by atoms with Crippen LogP contribution in [0.5, 0.6) is 0 Å². The first kappa shape index (κ1) is 13.8. The van der Waals surface area contributed by atoms with Crippen molar-refractivity contribution in [3.63, 3.8) is 0 Å². The Balaban J connectivity index is 1.77. The fraction of sp³-hybridized carbons (Fsp3) is 0.588. The number of carbonyl (C=O) groups excluding carboxylic acids is 1. The van der Waals surface area contributed by atoms with E-state index in [9.17, 15) is 4.79 Å². The third-order valence-electron chi connectivity index (χ3n) is 4.77. The number of carbonyl (C=O) groups is 1. The lowest BCUT2D eigenvalue weighted by Crippen LogP contribution is -2.39. The molecule has 0 amide bonds. The van der Waals surface area contributed by atoms with Gasteiger partial charge in [0.15, 0.2) is 5.78 Å². The molecule has 1 aliphatic carbocycles. The number of methoxy groups -OCH3 is 1. The van der Waals surface area contributed by atoms with Gasteiger partial charge in [-0.2, -0.15) is 0 Å². The molecule has 3 heteroatoms. The Morgan fingerprint density at radius 3 is 2.85 bits per heavy atom. The van der Waals surface area contributed by atoms with Crippen LogP contribution in [-0.4, -0.2) is 25.1 Å². The van der Waals surface area contributed by atoms with Crippen LogP contribution < -0.4 is 0 Å². The van der Waals surface area contributed by atoms with E-state index >= 15 is 0 Å². The molecule has 0 N–H and O–H groups in total. The zero-order chi connectivity index (χ0) is 14.0. The molecule has 0 radical (unpaired) electrons. The SMILES string of the molecule is COC1(C(=O)CC2OCCc3ccccc32)CCCC1. The highest BCUT2D eigenvalue weighted by Gasteiger charge is 2.42. The van der Waals surface area contributed by atoms with E-state index < -0.39 is 5.60 Å². The highest BCUT2D eigenvalue weighted by molar-refractivity contribution is 5.88. The van der Waals surface area contributed by atoms with Crippen LogP contribution in [-0.2, 0) is 20.7 Å². The van der Waals surface area contributed by atoms with Gasteiger partial charge in [0.25, 0.3) is 0 Å². The molecule has 0 spiro atoms. The zero-order valence-electron chi connectivity index (χ0n) is 12.1. The maximum Gasteiger partial charge on any atom is 0.167 e. The molecule has 1 unspecified atom stereocenters. The van der Waals surface area contributed by atoms with Gasteiger partial charge in [-0.25, -0.2) is 0 Å². The molecule has 0 bridgehead atoms. The van der Waals surface area contributed by atoms with E-state index in [2.05, 4.69) is 18.2 Å². The summed E-state index contributed by atoms with van der Waals surface area (Å²) in [6, 6.07) is 8.29. The minimum atomic E-state index is -0.546. The average molecular weight is 274 g/mol. The molecule has 108 valence electrons. The van der Waals surface area contributed by atoms with Crippen molar-refractivity contribution in [2.24, 2.45) is 0 Å². The monoisotopic (exact) mass is 274 g/mol. The van der Waals surface area contributed by atoms with Gasteiger partial charge in [-0.15, -0.1) is 0 Å². The number of benzene rings is 1. The van der Waals surface area contributed by atoms with Crippen LogP contribution in [0.25, 0.3) is 0 Å². The molecule has 1 heterocycles. The molecule has 0 saturated heterocycles. The van der Waals surface area contributed by atoms with Crippen LogP contribution in [0.1, 0.15) is 49.3 Å². The van der Waals surface area contributed by atoms with Gasteiger partial charge in [0.05, 0.1) is 12.7 Å². The Morgan fingerprint density at radius 2 is 2.10 bits per heavy atom. The highest BCUT2D eigenvalue weighted by atomic mass is 16.5. The van der Waals surface area contributed by atoms with E-state index in [-0.39, 0.29) is 11.9 Å². The summed E-state index contributed by atoms with van der Waals surface area (Å²) < 4.78 is 11.4. The number of ether oxygens (including phenoxy) is 2. The van der Waals surface area contributed by atoms with Crippen LogP contribution in [0.3, 0.4) is 0 Å². The Hall–Kier alpha value is -1.19. The minimum absolute atomic E-state index is 0.0972. The van der Waals surface area contributed by atoms with Crippen molar-refractivity contribution in [3.8, 4) is 0 Å². The van der Waals surface area contributed by atoms with Crippen molar-refractivity contribution in [1.82, 2.24) is 0 Å². The minimum Gasteiger partial charge on any atom is -0.373 e. The lowest BCUT2D eigenvalue weighted by atomic mass is 9.88. The van der Waals surface area contributed by atoms with E-state index in [1.807, 2.05) is 6.07 Å². The van der Waals surface area contributed by atoms with Crippen molar-refractivity contribution in [2.45, 2.75) is 50.2 Å². The zero-order valence-corrected chi connectivity index (χ0v) is 12.1. The number of hydrogen-bond donors (Lipinski definition) is 0. The Bertz CT molecular complexity index is 489. The Labute approximate surface area is 120 Å². The summed E-state index contributed by atoms with van der Waals surface area (Å²) in [5.74, 6) is 0.208. The number of rotatable bonds is 4. The first-order valence-corrected chi connectivity index (χ1v) is 7.53. The molecule has 1 aromatic carbocycles. The van der Waals surface area contributed by atoms with Gasteiger partial charge in [-0.1, -0.05) is 24.3 Å². The maximum atomic E-state index is 12.7. The summed E-state index contributed by atoms with van der Waals surface area (Å²) in [5.41, 5.74) is 1.95. The lowest BCUT2D eigenvalue weighted by molar-refractivity contribution is -0.143. The molecule has 3 rings (SSSR count). The summed E-state index contributed by atoms with van der Waals surface area (Å²) in [4.78, 5) is 12.7. The molecular weight excluding hydrogens is 252 g/mol. The Morgan fingerprint density at radius 1 is 1.35 bits per heavy atom. The first-order chi connectivity index (χ1) is 9.75. The third-order valence-corrected chi connectivity index (χ3v) is 4.77. The van der Waals surface area contributed by atoms with E-state index in [1.165, 1.54) is 11.1 Å². The normalized spacial score (nSPS) is 24.4. The highest BCUT2D eigenvalue weighted by Crippen LogP contribution is 2.38. The average Bonchev–Trinajstić information content (AvgIpc) is 2.98. The topological polar surface area (TPSA) is 35.5 Å². The van der Waals surface area contributed by atoms with Crippen LogP contribution in [0.4, 0.5) is 0 Å². The van der Waals surface area contributed by atoms with Gasteiger partial charge in [0, 0.05) is 13.5 Å². The van der Waals surface area contributed by atoms with E-state index in [4.69, 9.17) is 9.47 Å². The lowest BCUT2D eigenvalue weighted by Gasteiger charge is -2.30. The van der Waals surface area contributed by atoms with Crippen molar-refractivity contribution in [3.05, 3.63) is 35.4 Å². The summed E-state index contributed by atoms with van der Waals surface area (Å²) in [7, 11) is 1.67. The molecule has 1 saturated carbocycles. The van der Waals surface area contributed by atoms with Gasteiger partial charge in [0.1, 0.15) is 5.60 Å². The molecule has 2 aliphatic rings.